The van der Waals surface area contributed by atoms with Gasteiger partial charge in [-0.2, -0.15) is 0 Å². The highest BCUT2D eigenvalue weighted by atomic mass is 32.2. The van der Waals surface area contributed by atoms with Gasteiger partial charge in [0.2, 0.25) is 10.0 Å². The molecule has 138 valence electrons. The molecule has 25 heavy (non-hydrogen) atoms. The van der Waals surface area contributed by atoms with Gasteiger partial charge in [0, 0.05) is 6.07 Å². The number of esters is 1. The third-order valence-corrected chi connectivity index (χ3v) is 5.60. The van der Waals surface area contributed by atoms with Crippen molar-refractivity contribution in [2.75, 3.05) is 6.61 Å². The van der Waals surface area contributed by atoms with E-state index in [1.54, 1.807) is 0 Å². The maximum Gasteiger partial charge on any atom is 0.309 e. The second kappa shape index (κ2) is 7.89. The number of rotatable bonds is 8. The van der Waals surface area contributed by atoms with Crippen LogP contribution in [0, 0.1) is 16.0 Å². The lowest BCUT2D eigenvalue weighted by atomic mass is 9.97. The van der Waals surface area contributed by atoms with E-state index in [2.05, 4.69) is 4.72 Å². The first-order valence-corrected chi connectivity index (χ1v) is 9.35. The molecule has 1 aromatic rings. The molecule has 9 nitrogen and oxygen atoms in total. The molecule has 0 amide bonds. The summed E-state index contributed by atoms with van der Waals surface area (Å²) in [5.41, 5.74) is -0.570. The van der Waals surface area contributed by atoms with Gasteiger partial charge in [-0.25, -0.2) is 13.1 Å². The molecular weight excluding hydrogens is 352 g/mol. The van der Waals surface area contributed by atoms with Crippen LogP contribution in [0.5, 0.6) is 0 Å². The van der Waals surface area contributed by atoms with Crippen LogP contribution in [0.2, 0.25) is 0 Å². The van der Waals surface area contributed by atoms with E-state index in [9.17, 15) is 28.4 Å². The van der Waals surface area contributed by atoms with E-state index in [1.165, 1.54) is 12.1 Å². The van der Waals surface area contributed by atoms with Crippen molar-refractivity contribution in [3.63, 3.8) is 0 Å². The van der Waals surface area contributed by atoms with E-state index in [0.717, 1.165) is 18.6 Å². The van der Waals surface area contributed by atoms with Gasteiger partial charge in [-0.3, -0.25) is 14.9 Å². The van der Waals surface area contributed by atoms with Crippen molar-refractivity contribution >= 4 is 21.7 Å². The number of para-hydroxylation sites is 1. The third-order valence-electron chi connectivity index (χ3n) is 4.06. The third kappa shape index (κ3) is 4.33. The summed E-state index contributed by atoms with van der Waals surface area (Å²) in [4.78, 5) is 21.5. The van der Waals surface area contributed by atoms with Crippen LogP contribution >= 0.6 is 0 Å². The normalized spacial score (nSPS) is 21.8. The molecule has 1 aromatic carbocycles. The Morgan fingerprint density at radius 1 is 1.44 bits per heavy atom. The van der Waals surface area contributed by atoms with E-state index in [1.807, 2.05) is 6.92 Å². The van der Waals surface area contributed by atoms with Gasteiger partial charge in [0.1, 0.15) is 6.10 Å². The Bertz CT molecular complexity index is 750. The fourth-order valence-electron chi connectivity index (χ4n) is 2.83. The van der Waals surface area contributed by atoms with E-state index < -0.39 is 50.3 Å². The van der Waals surface area contributed by atoms with Crippen molar-refractivity contribution in [1.82, 2.24) is 4.72 Å². The molecule has 3 atom stereocenters. The van der Waals surface area contributed by atoms with Gasteiger partial charge in [-0.15, -0.1) is 0 Å². The van der Waals surface area contributed by atoms with Gasteiger partial charge in [0.25, 0.3) is 5.69 Å². The SMILES string of the molecule is CCC[C@@H]1C[C@@H]([C@H](CO)NS(=O)(=O)c2ccccc2[N+](=O)[O-])OC1=O. The summed E-state index contributed by atoms with van der Waals surface area (Å²) in [6.45, 7) is 1.32. The van der Waals surface area contributed by atoms with E-state index >= 15 is 0 Å². The fraction of sp³-hybridized carbons (Fsp3) is 0.533. The summed E-state index contributed by atoms with van der Waals surface area (Å²) >= 11 is 0. The number of hydrogen-bond donors (Lipinski definition) is 2. The van der Waals surface area contributed by atoms with Crippen LogP contribution in [0.25, 0.3) is 0 Å². The Kier molecular flexibility index (Phi) is 6.09. The molecule has 0 aromatic heterocycles. The Morgan fingerprint density at radius 2 is 2.12 bits per heavy atom. The monoisotopic (exact) mass is 372 g/mol. The minimum Gasteiger partial charge on any atom is -0.460 e. The molecule has 2 rings (SSSR count). The number of benzene rings is 1. The standard InChI is InChI=1S/C15H20N2O7S/c1-2-5-10-8-13(24-15(10)19)11(9-18)16-25(22,23)14-7-4-3-6-12(14)17(20)21/h3-4,6-7,10-11,13,16,18H,2,5,8-9H2,1H3/t10-,11+,13+/m1/s1. The van der Waals surface area contributed by atoms with Crippen molar-refractivity contribution in [2.24, 2.45) is 5.92 Å². The average molecular weight is 372 g/mol. The number of aliphatic hydroxyl groups excluding tert-OH is 1. The molecule has 0 radical (unpaired) electrons. The molecule has 0 aliphatic carbocycles. The molecular formula is C15H20N2O7S. The predicted molar refractivity (Wildman–Crippen MR) is 87.2 cm³/mol. The van der Waals surface area contributed by atoms with Crippen LogP contribution in [-0.4, -0.2) is 43.2 Å². The highest BCUT2D eigenvalue weighted by Crippen LogP contribution is 2.29. The van der Waals surface area contributed by atoms with Crippen LogP contribution in [0.15, 0.2) is 29.2 Å². The molecule has 0 bridgehead atoms. The number of ether oxygens (including phenoxy) is 1. The average Bonchev–Trinajstić information content (AvgIpc) is 2.94. The molecule has 0 unspecified atom stereocenters. The zero-order valence-electron chi connectivity index (χ0n) is 13.6. The van der Waals surface area contributed by atoms with Crippen LogP contribution in [-0.2, 0) is 19.6 Å². The minimum atomic E-state index is -4.27. The van der Waals surface area contributed by atoms with E-state index in [0.29, 0.717) is 6.42 Å². The maximum absolute atomic E-state index is 12.5. The topological polar surface area (TPSA) is 136 Å². The zero-order valence-corrected chi connectivity index (χ0v) is 14.4. The number of nitrogens with one attached hydrogen (secondary N) is 1. The lowest BCUT2D eigenvalue weighted by molar-refractivity contribution is -0.387. The molecule has 1 heterocycles. The number of hydrogen-bond acceptors (Lipinski definition) is 7. The molecule has 1 aliphatic heterocycles. The Morgan fingerprint density at radius 3 is 2.72 bits per heavy atom. The number of nitro benzene ring substituents is 1. The first-order chi connectivity index (χ1) is 11.8. The van der Waals surface area contributed by atoms with Crippen molar-refractivity contribution in [1.29, 1.82) is 0 Å². The molecule has 10 heteroatoms. The summed E-state index contributed by atoms with van der Waals surface area (Å²) < 4.78 is 32.4. The lowest BCUT2D eigenvalue weighted by Crippen LogP contribution is -2.45. The summed E-state index contributed by atoms with van der Waals surface area (Å²) in [7, 11) is -4.27. The highest BCUT2D eigenvalue weighted by molar-refractivity contribution is 7.89. The summed E-state index contributed by atoms with van der Waals surface area (Å²) in [6.07, 6.45) is 0.867. The second-order valence-electron chi connectivity index (χ2n) is 5.83. The number of carbonyl (C=O) groups is 1. The van der Waals surface area contributed by atoms with Crippen LogP contribution in [0.3, 0.4) is 0 Å². The quantitative estimate of drug-likeness (QED) is 0.394. The van der Waals surface area contributed by atoms with Gasteiger partial charge in [0.05, 0.1) is 23.5 Å². The van der Waals surface area contributed by atoms with Crippen molar-refractivity contribution < 1.29 is 28.0 Å². The predicted octanol–water partition coefficient (Wildman–Crippen LogP) is 0.966. The van der Waals surface area contributed by atoms with Gasteiger partial charge < -0.3 is 9.84 Å². The number of carbonyl (C=O) groups excluding carboxylic acids is 1. The Balaban J connectivity index is 2.21. The molecule has 1 saturated heterocycles. The molecule has 0 spiro atoms. The van der Waals surface area contributed by atoms with Crippen LogP contribution in [0.4, 0.5) is 5.69 Å². The number of sulfonamides is 1. The smallest absolute Gasteiger partial charge is 0.309 e. The van der Waals surface area contributed by atoms with Gasteiger partial charge in [0.15, 0.2) is 4.90 Å². The summed E-state index contributed by atoms with van der Waals surface area (Å²) in [5, 5.41) is 20.6. The minimum absolute atomic E-state index is 0.289. The molecule has 1 aliphatic rings. The molecule has 2 N–H and O–H groups in total. The maximum atomic E-state index is 12.5. The zero-order chi connectivity index (χ0) is 18.6. The van der Waals surface area contributed by atoms with Crippen molar-refractivity contribution in [3.8, 4) is 0 Å². The van der Waals surface area contributed by atoms with Crippen molar-refractivity contribution in [3.05, 3.63) is 34.4 Å². The van der Waals surface area contributed by atoms with Crippen molar-refractivity contribution in [2.45, 2.75) is 43.2 Å². The molecule has 0 saturated carbocycles. The number of nitrogens with zero attached hydrogens (tertiary/aromatic N) is 1. The second-order valence-corrected chi connectivity index (χ2v) is 7.51. The number of nitro groups is 1. The number of aliphatic hydroxyl groups is 1. The Hall–Kier alpha value is -2.04. The van der Waals surface area contributed by atoms with Gasteiger partial charge >= 0.3 is 5.97 Å². The fourth-order valence-corrected chi connectivity index (χ4v) is 4.26. The Labute approximate surface area is 145 Å². The lowest BCUT2D eigenvalue weighted by Gasteiger charge is -2.21. The van der Waals surface area contributed by atoms with E-state index in [4.69, 9.17) is 4.74 Å². The van der Waals surface area contributed by atoms with Crippen LogP contribution in [0.1, 0.15) is 26.2 Å². The van der Waals surface area contributed by atoms with E-state index in [-0.39, 0.29) is 12.3 Å². The molecule has 1 fully saturated rings. The number of cyclic esters (lactones) is 1. The van der Waals surface area contributed by atoms with Gasteiger partial charge in [-0.1, -0.05) is 25.5 Å². The first-order valence-electron chi connectivity index (χ1n) is 7.87. The van der Waals surface area contributed by atoms with Gasteiger partial charge in [-0.05, 0) is 18.9 Å². The largest absolute Gasteiger partial charge is 0.460 e. The summed E-state index contributed by atoms with van der Waals surface area (Å²) in [5.74, 6) is -0.755. The highest BCUT2D eigenvalue weighted by Gasteiger charge is 2.40. The first kappa shape index (κ1) is 19.3. The van der Waals surface area contributed by atoms with Crippen LogP contribution < -0.4 is 4.72 Å². The summed E-state index contributed by atoms with van der Waals surface area (Å²) in [6, 6.07) is 3.83.